The molecule has 0 heterocycles. The molecule has 25 heavy (non-hydrogen) atoms. The Morgan fingerprint density at radius 1 is 1.24 bits per heavy atom. The maximum absolute atomic E-state index is 12.3. The summed E-state index contributed by atoms with van der Waals surface area (Å²) < 4.78 is 4.98. The fraction of sp³-hybridized carbons (Fsp3) is 0.105. The number of carbonyl (C=O) groups excluding carboxylic acids is 1. The number of benzene rings is 2. The van der Waals surface area contributed by atoms with E-state index in [0.717, 1.165) is 5.56 Å². The van der Waals surface area contributed by atoms with E-state index in [1.54, 1.807) is 24.3 Å². The van der Waals surface area contributed by atoms with E-state index in [2.05, 4.69) is 5.32 Å². The molecule has 0 aromatic heterocycles. The largest absolute Gasteiger partial charge is 0.496 e. The van der Waals surface area contributed by atoms with Gasteiger partial charge >= 0.3 is 5.97 Å². The van der Waals surface area contributed by atoms with Gasteiger partial charge in [-0.2, -0.15) is 5.26 Å². The Bertz CT molecular complexity index is 895. The fourth-order valence-electron chi connectivity index (χ4n) is 2.22. The highest BCUT2D eigenvalue weighted by atomic mass is 16.5. The summed E-state index contributed by atoms with van der Waals surface area (Å²) in [7, 11) is 1.37. The number of rotatable bonds is 5. The Morgan fingerprint density at radius 2 is 2.00 bits per heavy atom. The predicted octanol–water partition coefficient (Wildman–Crippen LogP) is 3.25. The Balaban J connectivity index is 2.31. The van der Waals surface area contributed by atoms with Gasteiger partial charge in [0.05, 0.1) is 7.11 Å². The summed E-state index contributed by atoms with van der Waals surface area (Å²) >= 11 is 0. The number of hydrogen-bond donors (Lipinski definition) is 2. The average Bonchev–Trinajstić information content (AvgIpc) is 2.59. The lowest BCUT2D eigenvalue weighted by atomic mass is 10.1. The van der Waals surface area contributed by atoms with Crippen molar-refractivity contribution in [1.29, 1.82) is 5.26 Å². The highest BCUT2D eigenvalue weighted by molar-refractivity contribution is 6.09. The van der Waals surface area contributed by atoms with Crippen LogP contribution in [0.25, 0.3) is 6.08 Å². The summed E-state index contributed by atoms with van der Waals surface area (Å²) in [6.45, 7) is 1.89. The molecule has 0 aliphatic rings. The van der Waals surface area contributed by atoms with Crippen LogP contribution in [-0.4, -0.2) is 24.1 Å². The third-order valence-electron chi connectivity index (χ3n) is 3.41. The molecule has 0 atom stereocenters. The number of ether oxygens (including phenoxy) is 1. The highest BCUT2D eigenvalue weighted by Crippen LogP contribution is 2.21. The molecule has 0 radical (unpaired) electrons. The van der Waals surface area contributed by atoms with E-state index in [9.17, 15) is 20.0 Å². The number of carbonyl (C=O) groups is 2. The van der Waals surface area contributed by atoms with Crippen LogP contribution in [0.1, 0.15) is 21.5 Å². The van der Waals surface area contributed by atoms with Crippen LogP contribution in [-0.2, 0) is 4.79 Å². The minimum absolute atomic E-state index is 0.0485. The molecule has 0 aliphatic carbocycles. The van der Waals surface area contributed by atoms with Crippen LogP contribution in [0, 0.1) is 18.3 Å². The van der Waals surface area contributed by atoms with Gasteiger partial charge in [-0.3, -0.25) is 4.79 Å². The summed E-state index contributed by atoms with van der Waals surface area (Å²) in [5.41, 5.74) is 1.78. The van der Waals surface area contributed by atoms with E-state index < -0.39 is 11.9 Å². The van der Waals surface area contributed by atoms with Gasteiger partial charge in [-0.05, 0) is 48.4 Å². The fourth-order valence-corrected chi connectivity index (χ4v) is 2.22. The van der Waals surface area contributed by atoms with E-state index in [0.29, 0.717) is 11.3 Å². The monoisotopic (exact) mass is 336 g/mol. The molecule has 0 saturated carbocycles. The second kappa shape index (κ2) is 7.79. The molecule has 0 spiro atoms. The van der Waals surface area contributed by atoms with Crippen molar-refractivity contribution in [3.8, 4) is 11.8 Å². The number of carboxylic acid groups (broad SMARTS) is 1. The Kier molecular flexibility index (Phi) is 5.54. The first-order valence-electron chi connectivity index (χ1n) is 7.35. The number of amides is 1. The van der Waals surface area contributed by atoms with Crippen molar-refractivity contribution < 1.29 is 19.4 Å². The third kappa shape index (κ3) is 4.45. The van der Waals surface area contributed by atoms with E-state index in [1.807, 2.05) is 19.1 Å². The summed E-state index contributed by atoms with van der Waals surface area (Å²) in [6.07, 6.45) is 1.33. The summed E-state index contributed by atoms with van der Waals surface area (Å²) in [4.78, 5) is 23.5. The highest BCUT2D eigenvalue weighted by Gasteiger charge is 2.13. The number of methoxy groups -OCH3 is 1. The molecule has 126 valence electrons. The van der Waals surface area contributed by atoms with Gasteiger partial charge in [0.2, 0.25) is 0 Å². The molecule has 1 amide bonds. The smallest absolute Gasteiger partial charge is 0.339 e. The lowest BCUT2D eigenvalue weighted by Gasteiger charge is -2.07. The Hall–Kier alpha value is -3.59. The molecule has 0 bridgehead atoms. The molecule has 6 heteroatoms. The van der Waals surface area contributed by atoms with Crippen LogP contribution in [0.5, 0.6) is 5.75 Å². The van der Waals surface area contributed by atoms with E-state index in [-0.39, 0.29) is 16.9 Å². The first-order chi connectivity index (χ1) is 11.9. The molecule has 6 nitrogen and oxygen atoms in total. The lowest BCUT2D eigenvalue weighted by Crippen LogP contribution is -2.13. The number of aromatic carboxylic acids is 1. The van der Waals surface area contributed by atoms with Crippen LogP contribution in [0.2, 0.25) is 0 Å². The van der Waals surface area contributed by atoms with Gasteiger partial charge in [0, 0.05) is 5.69 Å². The molecule has 2 N–H and O–H groups in total. The standard InChI is InChI=1S/C19H16N2O4/c1-12-4-3-5-15(8-12)21-18(22)14(11-20)9-13-6-7-17(25-2)16(10-13)19(23)24/h3-10H,1-2H3,(H,21,22)(H,23,24)/b14-9+. The van der Waals surface area contributed by atoms with Crippen molar-refractivity contribution >= 4 is 23.6 Å². The first-order valence-corrected chi connectivity index (χ1v) is 7.35. The van der Waals surface area contributed by atoms with Crippen LogP contribution in [0.15, 0.2) is 48.0 Å². The molecule has 0 unspecified atom stereocenters. The number of nitriles is 1. The van der Waals surface area contributed by atoms with Gasteiger partial charge in [0.1, 0.15) is 23.0 Å². The number of nitrogens with zero attached hydrogens (tertiary/aromatic N) is 1. The number of carboxylic acids is 1. The molecule has 2 aromatic carbocycles. The number of nitrogens with one attached hydrogen (secondary N) is 1. The van der Waals surface area contributed by atoms with Crippen molar-refractivity contribution in [3.05, 3.63) is 64.7 Å². The molecular formula is C19H16N2O4. The Morgan fingerprint density at radius 3 is 2.60 bits per heavy atom. The second-order valence-electron chi connectivity index (χ2n) is 5.26. The van der Waals surface area contributed by atoms with E-state index in [1.165, 1.54) is 25.3 Å². The molecule has 0 aliphatic heterocycles. The summed E-state index contributed by atoms with van der Waals surface area (Å²) in [5.74, 6) is -1.53. The van der Waals surface area contributed by atoms with Gasteiger partial charge in [0.15, 0.2) is 0 Å². The SMILES string of the molecule is COc1ccc(/C=C(\C#N)C(=O)Nc2cccc(C)c2)cc1C(=O)O. The normalized spacial score (nSPS) is 10.7. The number of aryl methyl sites for hydroxylation is 1. The third-order valence-corrected chi connectivity index (χ3v) is 3.41. The van der Waals surface area contributed by atoms with Crippen molar-refractivity contribution in [2.24, 2.45) is 0 Å². The molecule has 2 rings (SSSR count). The maximum Gasteiger partial charge on any atom is 0.339 e. The van der Waals surface area contributed by atoms with Crippen LogP contribution in [0.4, 0.5) is 5.69 Å². The van der Waals surface area contributed by atoms with Crippen molar-refractivity contribution in [3.63, 3.8) is 0 Å². The molecule has 0 fully saturated rings. The van der Waals surface area contributed by atoms with Gasteiger partial charge in [-0.15, -0.1) is 0 Å². The zero-order valence-electron chi connectivity index (χ0n) is 13.7. The van der Waals surface area contributed by atoms with Crippen LogP contribution < -0.4 is 10.1 Å². The minimum atomic E-state index is -1.16. The predicted molar refractivity (Wildman–Crippen MR) is 93.4 cm³/mol. The number of hydrogen-bond acceptors (Lipinski definition) is 4. The number of anilines is 1. The van der Waals surface area contributed by atoms with Crippen molar-refractivity contribution in [1.82, 2.24) is 0 Å². The maximum atomic E-state index is 12.3. The van der Waals surface area contributed by atoms with Crippen molar-refractivity contribution in [2.75, 3.05) is 12.4 Å². The van der Waals surface area contributed by atoms with E-state index in [4.69, 9.17) is 4.74 Å². The average molecular weight is 336 g/mol. The zero-order chi connectivity index (χ0) is 18.4. The topological polar surface area (TPSA) is 99.4 Å². The summed E-state index contributed by atoms with van der Waals surface area (Å²) in [6, 6.07) is 13.4. The quantitative estimate of drug-likeness (QED) is 0.645. The molecular weight excluding hydrogens is 320 g/mol. The van der Waals surface area contributed by atoms with Gasteiger partial charge in [0.25, 0.3) is 5.91 Å². The van der Waals surface area contributed by atoms with Gasteiger partial charge in [-0.25, -0.2) is 4.79 Å². The summed E-state index contributed by atoms with van der Waals surface area (Å²) in [5, 5.41) is 21.1. The van der Waals surface area contributed by atoms with Gasteiger partial charge < -0.3 is 15.2 Å². The van der Waals surface area contributed by atoms with Crippen LogP contribution >= 0.6 is 0 Å². The Labute approximate surface area is 145 Å². The molecule has 2 aromatic rings. The second-order valence-corrected chi connectivity index (χ2v) is 5.26. The minimum Gasteiger partial charge on any atom is -0.496 e. The van der Waals surface area contributed by atoms with Crippen molar-refractivity contribution in [2.45, 2.75) is 6.92 Å². The van der Waals surface area contributed by atoms with Gasteiger partial charge in [-0.1, -0.05) is 18.2 Å². The van der Waals surface area contributed by atoms with E-state index >= 15 is 0 Å². The first kappa shape index (κ1) is 17.8. The molecule has 0 saturated heterocycles. The lowest BCUT2D eigenvalue weighted by molar-refractivity contribution is -0.112. The van der Waals surface area contributed by atoms with Crippen LogP contribution in [0.3, 0.4) is 0 Å². The zero-order valence-corrected chi connectivity index (χ0v) is 13.7.